The first-order chi connectivity index (χ1) is 9.38. The van der Waals surface area contributed by atoms with Crippen LogP contribution in [-0.4, -0.2) is 0 Å². The fourth-order valence-electron chi connectivity index (χ4n) is 2.37. The van der Waals surface area contributed by atoms with Crippen molar-refractivity contribution in [2.75, 3.05) is 0 Å². The van der Waals surface area contributed by atoms with E-state index in [2.05, 4.69) is 30.3 Å². The third kappa shape index (κ3) is 2.21. The Labute approximate surface area is 112 Å². The van der Waals surface area contributed by atoms with Crippen LogP contribution in [0.3, 0.4) is 0 Å². The predicted octanol–water partition coefficient (Wildman–Crippen LogP) is 4.50. The minimum atomic E-state index is -0.203. The highest BCUT2D eigenvalue weighted by molar-refractivity contribution is 5.83. The van der Waals surface area contributed by atoms with Crippen LogP contribution in [0.25, 0.3) is 10.8 Å². The lowest BCUT2D eigenvalue weighted by molar-refractivity contribution is 1.04. The monoisotopic (exact) mass is 243 g/mol. The van der Waals surface area contributed by atoms with E-state index in [0.717, 1.165) is 11.1 Å². The van der Waals surface area contributed by atoms with Crippen LogP contribution in [0.5, 0.6) is 0 Å². The Morgan fingerprint density at radius 3 is 2.11 bits per heavy atom. The van der Waals surface area contributed by atoms with Gasteiger partial charge in [-0.3, -0.25) is 0 Å². The maximum Gasteiger partial charge on any atom is 0.0963 e. The van der Waals surface area contributed by atoms with Crippen molar-refractivity contribution in [3.63, 3.8) is 0 Å². The zero-order valence-electron chi connectivity index (χ0n) is 10.5. The van der Waals surface area contributed by atoms with Crippen LogP contribution in [0.1, 0.15) is 17.0 Å². The number of nitrogens with zero attached hydrogens (tertiary/aromatic N) is 1. The van der Waals surface area contributed by atoms with E-state index in [9.17, 15) is 5.26 Å². The smallest absolute Gasteiger partial charge is 0.0963 e. The number of nitriles is 1. The third-order valence-corrected chi connectivity index (χ3v) is 3.37. The van der Waals surface area contributed by atoms with E-state index in [-0.39, 0.29) is 5.92 Å². The van der Waals surface area contributed by atoms with E-state index in [1.54, 1.807) is 0 Å². The van der Waals surface area contributed by atoms with E-state index in [1.807, 2.05) is 48.5 Å². The highest BCUT2D eigenvalue weighted by Crippen LogP contribution is 2.26. The highest BCUT2D eigenvalue weighted by Gasteiger charge is 2.12. The van der Waals surface area contributed by atoms with Crippen molar-refractivity contribution in [3.8, 4) is 6.07 Å². The lowest BCUT2D eigenvalue weighted by Crippen LogP contribution is -1.97. The first kappa shape index (κ1) is 11.5. The van der Waals surface area contributed by atoms with Crippen LogP contribution in [0, 0.1) is 11.3 Å². The number of hydrogen-bond acceptors (Lipinski definition) is 1. The summed E-state index contributed by atoms with van der Waals surface area (Å²) < 4.78 is 0. The minimum Gasteiger partial charge on any atom is -0.197 e. The van der Waals surface area contributed by atoms with Gasteiger partial charge in [0, 0.05) is 0 Å². The summed E-state index contributed by atoms with van der Waals surface area (Å²) in [5, 5.41) is 11.8. The van der Waals surface area contributed by atoms with Gasteiger partial charge in [0.05, 0.1) is 12.0 Å². The molecule has 1 heteroatoms. The molecule has 0 radical (unpaired) electrons. The minimum absolute atomic E-state index is 0.203. The molecular weight excluding hydrogens is 230 g/mol. The molecule has 0 fully saturated rings. The van der Waals surface area contributed by atoms with E-state index in [1.165, 1.54) is 10.8 Å². The Kier molecular flexibility index (Phi) is 3.00. The van der Waals surface area contributed by atoms with E-state index < -0.39 is 0 Å². The summed E-state index contributed by atoms with van der Waals surface area (Å²) in [6.45, 7) is 0. The second-order valence-corrected chi connectivity index (χ2v) is 4.58. The van der Waals surface area contributed by atoms with Gasteiger partial charge in [0.1, 0.15) is 0 Å². The molecule has 90 valence electrons. The SMILES string of the molecule is N#CC(c1ccccc1)c1ccc2ccccc2c1. The summed E-state index contributed by atoms with van der Waals surface area (Å²) in [4.78, 5) is 0. The summed E-state index contributed by atoms with van der Waals surface area (Å²) in [5.74, 6) is -0.203. The van der Waals surface area contributed by atoms with Crippen molar-refractivity contribution in [2.45, 2.75) is 5.92 Å². The largest absolute Gasteiger partial charge is 0.197 e. The lowest BCUT2D eigenvalue weighted by atomic mass is 9.91. The van der Waals surface area contributed by atoms with Crippen LogP contribution in [0.4, 0.5) is 0 Å². The van der Waals surface area contributed by atoms with Crippen LogP contribution in [0.15, 0.2) is 72.8 Å². The topological polar surface area (TPSA) is 23.8 Å². The molecule has 0 aliphatic rings. The Bertz CT molecular complexity index is 738. The van der Waals surface area contributed by atoms with Gasteiger partial charge in [0.2, 0.25) is 0 Å². The first-order valence-electron chi connectivity index (χ1n) is 6.32. The van der Waals surface area contributed by atoms with Gasteiger partial charge >= 0.3 is 0 Å². The molecule has 3 rings (SSSR count). The van der Waals surface area contributed by atoms with Crippen molar-refractivity contribution in [3.05, 3.63) is 83.9 Å². The molecule has 0 amide bonds. The Morgan fingerprint density at radius 1 is 0.684 bits per heavy atom. The molecule has 0 aliphatic heterocycles. The number of rotatable bonds is 2. The van der Waals surface area contributed by atoms with Crippen LogP contribution < -0.4 is 0 Å². The quantitative estimate of drug-likeness (QED) is 0.650. The number of hydrogen-bond donors (Lipinski definition) is 0. The average Bonchev–Trinajstić information content (AvgIpc) is 2.49. The summed E-state index contributed by atoms with van der Waals surface area (Å²) in [6.07, 6.45) is 0. The molecule has 3 aromatic carbocycles. The Balaban J connectivity index is 2.10. The van der Waals surface area contributed by atoms with Crippen molar-refractivity contribution in [1.82, 2.24) is 0 Å². The van der Waals surface area contributed by atoms with Gasteiger partial charge < -0.3 is 0 Å². The standard InChI is InChI=1S/C18H13N/c19-13-18(15-7-2-1-3-8-15)17-11-10-14-6-4-5-9-16(14)12-17/h1-12,18H. The molecule has 0 saturated carbocycles. The molecule has 3 aromatic rings. The van der Waals surface area contributed by atoms with E-state index in [0.29, 0.717) is 0 Å². The summed E-state index contributed by atoms with van der Waals surface area (Å²) in [7, 11) is 0. The fourth-order valence-corrected chi connectivity index (χ4v) is 2.37. The van der Waals surface area contributed by atoms with Gasteiger partial charge in [-0.25, -0.2) is 0 Å². The number of benzene rings is 3. The van der Waals surface area contributed by atoms with E-state index in [4.69, 9.17) is 0 Å². The van der Waals surface area contributed by atoms with Crippen molar-refractivity contribution in [1.29, 1.82) is 5.26 Å². The van der Waals surface area contributed by atoms with Gasteiger partial charge in [0.15, 0.2) is 0 Å². The zero-order chi connectivity index (χ0) is 13.1. The van der Waals surface area contributed by atoms with Crippen LogP contribution >= 0.6 is 0 Å². The molecule has 0 aromatic heterocycles. The normalized spacial score (nSPS) is 11.9. The second kappa shape index (κ2) is 4.96. The summed E-state index contributed by atoms with van der Waals surface area (Å²) in [5.41, 5.74) is 2.09. The fraction of sp³-hybridized carbons (Fsp3) is 0.0556. The summed E-state index contributed by atoms with van der Waals surface area (Å²) >= 11 is 0. The molecular formula is C18H13N. The Morgan fingerprint density at radius 2 is 1.37 bits per heavy atom. The van der Waals surface area contributed by atoms with Gasteiger partial charge in [-0.2, -0.15) is 5.26 Å². The molecule has 1 unspecified atom stereocenters. The van der Waals surface area contributed by atoms with Crippen molar-refractivity contribution in [2.24, 2.45) is 0 Å². The molecule has 0 saturated heterocycles. The van der Waals surface area contributed by atoms with Gasteiger partial charge in [0.25, 0.3) is 0 Å². The molecule has 19 heavy (non-hydrogen) atoms. The first-order valence-corrected chi connectivity index (χ1v) is 6.32. The second-order valence-electron chi connectivity index (χ2n) is 4.58. The molecule has 0 heterocycles. The van der Waals surface area contributed by atoms with E-state index >= 15 is 0 Å². The van der Waals surface area contributed by atoms with Crippen molar-refractivity contribution < 1.29 is 0 Å². The van der Waals surface area contributed by atoms with Gasteiger partial charge in [-0.1, -0.05) is 66.7 Å². The third-order valence-electron chi connectivity index (χ3n) is 3.37. The molecule has 0 bridgehead atoms. The summed E-state index contributed by atoms with van der Waals surface area (Å²) in [6, 6.07) is 26.8. The lowest BCUT2D eigenvalue weighted by Gasteiger charge is -2.10. The maximum absolute atomic E-state index is 9.45. The maximum atomic E-state index is 9.45. The van der Waals surface area contributed by atoms with Gasteiger partial charge in [-0.15, -0.1) is 0 Å². The molecule has 0 N–H and O–H groups in total. The zero-order valence-corrected chi connectivity index (χ0v) is 10.5. The van der Waals surface area contributed by atoms with Crippen LogP contribution in [0.2, 0.25) is 0 Å². The van der Waals surface area contributed by atoms with Gasteiger partial charge in [-0.05, 0) is 28.0 Å². The Hall–Kier alpha value is -2.59. The average molecular weight is 243 g/mol. The predicted molar refractivity (Wildman–Crippen MR) is 77.8 cm³/mol. The molecule has 0 aliphatic carbocycles. The van der Waals surface area contributed by atoms with Crippen LogP contribution in [-0.2, 0) is 0 Å². The highest BCUT2D eigenvalue weighted by atomic mass is 14.3. The molecule has 1 nitrogen and oxygen atoms in total. The number of fused-ring (bicyclic) bond motifs is 1. The molecule has 1 atom stereocenters. The molecule has 0 spiro atoms. The van der Waals surface area contributed by atoms with Crippen molar-refractivity contribution >= 4 is 10.8 Å².